The molecule has 6 nitrogen and oxygen atoms in total. The van der Waals surface area contributed by atoms with E-state index in [0.717, 1.165) is 17.5 Å². The summed E-state index contributed by atoms with van der Waals surface area (Å²) in [7, 11) is 0. The Labute approximate surface area is 194 Å². The number of hydrogen-bond acceptors (Lipinski definition) is 5. The summed E-state index contributed by atoms with van der Waals surface area (Å²) in [6.45, 7) is 6.32. The van der Waals surface area contributed by atoms with E-state index in [2.05, 4.69) is 47.7 Å². The third-order valence-corrected chi connectivity index (χ3v) is 5.60. The Morgan fingerprint density at radius 1 is 0.909 bits per heavy atom. The Bertz CT molecular complexity index is 1210. The molecule has 0 atom stereocenters. The maximum Gasteiger partial charge on any atom is 0.296 e. The third-order valence-electron chi connectivity index (χ3n) is 5.60. The Morgan fingerprint density at radius 2 is 1.64 bits per heavy atom. The highest BCUT2D eigenvalue weighted by atomic mass is 16.3. The number of hydrazone groups is 2. The molecule has 0 fully saturated rings. The lowest BCUT2D eigenvalue weighted by Gasteiger charge is -2.12. The van der Waals surface area contributed by atoms with Gasteiger partial charge in [-0.05, 0) is 56.4 Å². The number of amides is 1. The Morgan fingerprint density at radius 3 is 2.36 bits per heavy atom. The van der Waals surface area contributed by atoms with Gasteiger partial charge in [-0.1, -0.05) is 71.8 Å². The number of carbonyl (C=O) groups excluding carboxylic acids is 1. The fourth-order valence-electron chi connectivity index (χ4n) is 4.03. The van der Waals surface area contributed by atoms with E-state index in [0.29, 0.717) is 24.4 Å². The molecule has 0 aliphatic carbocycles. The molecule has 0 aromatic heterocycles. The van der Waals surface area contributed by atoms with Crippen LogP contribution in [0.15, 0.2) is 76.9 Å². The Hall–Kier alpha value is -3.93. The molecule has 0 radical (unpaired) electrons. The minimum Gasteiger partial charge on any atom is -0.505 e. The molecular weight excluding hydrogens is 412 g/mol. The van der Waals surface area contributed by atoms with Gasteiger partial charge in [0.05, 0.1) is 17.9 Å². The molecule has 0 bridgehead atoms. The van der Waals surface area contributed by atoms with E-state index in [1.54, 1.807) is 13.0 Å². The van der Waals surface area contributed by atoms with Crippen molar-refractivity contribution in [1.82, 2.24) is 5.01 Å². The number of benzene rings is 3. The summed E-state index contributed by atoms with van der Waals surface area (Å²) in [5.41, 5.74) is 9.64. The fraction of sp³-hybridized carbons (Fsp3) is 0.222. The molecule has 0 spiro atoms. The minimum absolute atomic E-state index is 0.146. The lowest BCUT2D eigenvalue weighted by atomic mass is 10.00. The highest BCUT2D eigenvalue weighted by Crippen LogP contribution is 2.29. The number of nitrogens with one attached hydrogen (secondary N) is 1. The average Bonchev–Trinajstić information content (AvgIpc) is 3.04. The number of phenolic OH excluding ortho intramolecular Hbond substituents is 1. The summed E-state index contributed by atoms with van der Waals surface area (Å²) in [5.74, 6) is -0.123. The molecule has 1 heterocycles. The molecule has 1 amide bonds. The fourth-order valence-corrected chi connectivity index (χ4v) is 4.03. The first kappa shape index (κ1) is 22.3. The van der Waals surface area contributed by atoms with E-state index in [4.69, 9.17) is 0 Å². The van der Waals surface area contributed by atoms with Crippen molar-refractivity contribution in [1.29, 1.82) is 0 Å². The molecule has 33 heavy (non-hydrogen) atoms. The number of aromatic hydroxyl groups is 1. The summed E-state index contributed by atoms with van der Waals surface area (Å²) in [6.07, 6.45) is 1.53. The van der Waals surface area contributed by atoms with E-state index < -0.39 is 0 Å². The van der Waals surface area contributed by atoms with Crippen LogP contribution in [-0.2, 0) is 24.2 Å². The molecule has 2 N–H and O–H groups in total. The second-order valence-corrected chi connectivity index (χ2v) is 8.42. The van der Waals surface area contributed by atoms with Gasteiger partial charge in [-0.2, -0.15) is 10.2 Å². The largest absolute Gasteiger partial charge is 0.505 e. The molecule has 3 aromatic carbocycles. The van der Waals surface area contributed by atoms with Crippen LogP contribution in [0.2, 0.25) is 0 Å². The van der Waals surface area contributed by atoms with Crippen molar-refractivity contribution in [2.24, 2.45) is 10.2 Å². The van der Waals surface area contributed by atoms with Crippen molar-refractivity contribution in [3.05, 3.63) is 94.5 Å². The van der Waals surface area contributed by atoms with Gasteiger partial charge in [-0.25, -0.2) is 5.01 Å². The van der Waals surface area contributed by atoms with E-state index in [9.17, 15) is 9.90 Å². The van der Waals surface area contributed by atoms with Gasteiger partial charge in [0.25, 0.3) is 5.91 Å². The molecule has 1 aliphatic rings. The highest BCUT2D eigenvalue weighted by Gasteiger charge is 2.29. The zero-order valence-corrected chi connectivity index (χ0v) is 19.2. The molecule has 1 aliphatic heterocycles. The number of aryl methyl sites for hydroxylation is 4. The maximum atomic E-state index is 12.8. The number of nitrogens with zero attached hydrogens (tertiary/aromatic N) is 3. The molecule has 0 unspecified atom stereocenters. The molecule has 168 valence electrons. The summed E-state index contributed by atoms with van der Waals surface area (Å²) in [6, 6.07) is 21.7. The van der Waals surface area contributed by atoms with E-state index >= 15 is 0 Å². The number of phenols is 1. The SMILES string of the molecule is CC1=NN(Cc2ccccc2)C(=O)C1=NNc1cccc(CCc2cc(C)cc(C)c2)c1O. The van der Waals surface area contributed by atoms with Crippen LogP contribution in [0.4, 0.5) is 5.69 Å². The zero-order valence-electron chi connectivity index (χ0n) is 19.2. The highest BCUT2D eigenvalue weighted by molar-refractivity contribution is 6.68. The van der Waals surface area contributed by atoms with Crippen molar-refractivity contribution in [2.75, 3.05) is 5.43 Å². The van der Waals surface area contributed by atoms with Gasteiger partial charge in [0.1, 0.15) is 5.75 Å². The first-order valence-electron chi connectivity index (χ1n) is 11.0. The summed E-state index contributed by atoms with van der Waals surface area (Å²) in [5, 5.41) is 20.8. The number of hydrogen-bond donors (Lipinski definition) is 2. The van der Waals surface area contributed by atoms with E-state index in [1.165, 1.54) is 21.7 Å². The third kappa shape index (κ3) is 5.29. The summed E-state index contributed by atoms with van der Waals surface area (Å²) in [4.78, 5) is 12.8. The predicted octanol–water partition coefficient (Wildman–Crippen LogP) is 4.98. The van der Waals surface area contributed by atoms with Crippen LogP contribution in [0, 0.1) is 13.8 Å². The van der Waals surface area contributed by atoms with Crippen molar-refractivity contribution < 1.29 is 9.90 Å². The van der Waals surface area contributed by atoms with Crippen molar-refractivity contribution >= 4 is 23.0 Å². The normalized spacial score (nSPS) is 14.6. The van der Waals surface area contributed by atoms with E-state index in [1.807, 2.05) is 42.5 Å². The monoisotopic (exact) mass is 440 g/mol. The number of anilines is 1. The van der Waals surface area contributed by atoms with Crippen molar-refractivity contribution in [2.45, 2.75) is 40.2 Å². The van der Waals surface area contributed by atoms with Gasteiger partial charge in [0.15, 0.2) is 5.71 Å². The maximum absolute atomic E-state index is 12.8. The lowest BCUT2D eigenvalue weighted by Crippen LogP contribution is -2.27. The molecule has 0 saturated carbocycles. The molecule has 3 aromatic rings. The van der Waals surface area contributed by atoms with Crippen molar-refractivity contribution in [3.8, 4) is 5.75 Å². The van der Waals surface area contributed by atoms with Gasteiger partial charge in [-0.3, -0.25) is 10.2 Å². The molecule has 6 heteroatoms. The number of para-hydroxylation sites is 1. The Balaban J connectivity index is 1.45. The second-order valence-electron chi connectivity index (χ2n) is 8.42. The van der Waals surface area contributed by atoms with Crippen LogP contribution in [0.1, 0.15) is 34.7 Å². The summed E-state index contributed by atoms with van der Waals surface area (Å²) < 4.78 is 0. The van der Waals surface area contributed by atoms with Crippen LogP contribution < -0.4 is 5.43 Å². The standard InChI is InChI=1S/C27H28N4O2/c1-18-14-19(2)16-22(15-18)12-13-23-10-7-11-24(26(23)32)28-29-25-20(3)30-31(27(25)33)17-21-8-5-4-6-9-21/h4-11,14-16,28,32H,12-13,17H2,1-3H3. The predicted molar refractivity (Wildman–Crippen MR) is 133 cm³/mol. The smallest absolute Gasteiger partial charge is 0.296 e. The Kier molecular flexibility index (Phi) is 6.54. The minimum atomic E-state index is -0.269. The molecular formula is C27H28N4O2. The first-order valence-corrected chi connectivity index (χ1v) is 11.0. The van der Waals surface area contributed by atoms with Crippen molar-refractivity contribution in [3.63, 3.8) is 0 Å². The van der Waals surface area contributed by atoms with Gasteiger partial charge in [0.2, 0.25) is 0 Å². The van der Waals surface area contributed by atoms with E-state index in [-0.39, 0.29) is 17.4 Å². The topological polar surface area (TPSA) is 77.3 Å². The van der Waals surface area contributed by atoms with Gasteiger partial charge >= 0.3 is 0 Å². The average molecular weight is 441 g/mol. The second kappa shape index (κ2) is 9.69. The zero-order chi connectivity index (χ0) is 23.4. The number of carbonyl (C=O) groups is 1. The van der Waals surface area contributed by atoms with Gasteiger partial charge in [0, 0.05) is 0 Å². The van der Waals surface area contributed by atoms with Crippen LogP contribution in [0.5, 0.6) is 5.75 Å². The van der Waals surface area contributed by atoms with Gasteiger partial charge < -0.3 is 5.11 Å². The van der Waals surface area contributed by atoms with Crippen LogP contribution >= 0.6 is 0 Å². The lowest BCUT2D eigenvalue weighted by molar-refractivity contribution is -0.123. The van der Waals surface area contributed by atoms with Crippen LogP contribution in [0.3, 0.4) is 0 Å². The van der Waals surface area contributed by atoms with Gasteiger partial charge in [-0.15, -0.1) is 0 Å². The first-order chi connectivity index (χ1) is 15.9. The molecule has 0 saturated heterocycles. The number of rotatable bonds is 7. The summed E-state index contributed by atoms with van der Waals surface area (Å²) >= 11 is 0. The quantitative estimate of drug-likeness (QED) is 0.402. The van der Waals surface area contributed by atoms with Crippen LogP contribution in [-0.4, -0.2) is 27.4 Å². The van der Waals surface area contributed by atoms with Crippen LogP contribution in [0.25, 0.3) is 0 Å². The molecule has 4 rings (SSSR count).